The van der Waals surface area contributed by atoms with E-state index in [9.17, 15) is 0 Å². The van der Waals surface area contributed by atoms with Gasteiger partial charge in [-0.3, -0.25) is 4.84 Å². The summed E-state index contributed by atoms with van der Waals surface area (Å²) in [5.74, 6) is 0. The van der Waals surface area contributed by atoms with Crippen LogP contribution in [0.25, 0.3) is 0 Å². The minimum absolute atomic E-state index is 0. The van der Waals surface area contributed by atoms with Crippen LogP contribution < -0.4 is 5.32 Å². The molecule has 0 radical (unpaired) electrons. The maximum Gasteiger partial charge on any atom is 0.192 e. The molecule has 0 saturated carbocycles. The number of hydrogen-bond acceptors (Lipinski definition) is 2. The molecule has 4 heteroatoms. The van der Waals surface area contributed by atoms with Gasteiger partial charge in [-0.05, 0) is 12.2 Å². The summed E-state index contributed by atoms with van der Waals surface area (Å²) in [5, 5.41) is 4.79. The highest BCUT2D eigenvalue weighted by molar-refractivity contribution is 7.80. The van der Waals surface area contributed by atoms with E-state index in [4.69, 9.17) is 17.1 Å². The van der Waals surface area contributed by atoms with Crippen molar-refractivity contribution >= 4 is 17.3 Å². The molecule has 0 fully saturated rings. The van der Waals surface area contributed by atoms with Gasteiger partial charge in [-0.25, -0.2) is 5.06 Å². The molecule has 0 aliphatic rings. The first-order chi connectivity index (χ1) is 3.72. The summed E-state index contributed by atoms with van der Waals surface area (Å²) in [4.78, 5) is 4.73. The molecule has 0 aliphatic heterocycles. The fourth-order valence-corrected chi connectivity index (χ4v) is 0.315. The van der Waals surface area contributed by atoms with Crippen LogP contribution in [0.1, 0.15) is 1.43 Å². The van der Waals surface area contributed by atoms with E-state index in [2.05, 4.69) is 5.32 Å². The number of hydrogen-bond donors (Lipinski definition) is 1. The zero-order chi connectivity index (χ0) is 6.57. The lowest BCUT2D eigenvalue weighted by Crippen LogP contribution is -2.33. The van der Waals surface area contributed by atoms with Crippen LogP contribution in [0, 0.1) is 0 Å². The van der Waals surface area contributed by atoms with Gasteiger partial charge in [-0.15, -0.1) is 0 Å². The van der Waals surface area contributed by atoms with Crippen molar-refractivity contribution in [1.29, 1.82) is 0 Å². The Bertz CT molecular complexity index is 90.6. The van der Waals surface area contributed by atoms with Crippen molar-refractivity contribution < 1.29 is 6.26 Å². The van der Waals surface area contributed by atoms with E-state index in [0.29, 0.717) is 5.11 Å². The molecule has 0 rings (SSSR count). The maximum absolute atomic E-state index is 4.77. The number of nitrogens with zero attached hydrogens (tertiary/aromatic N) is 1. The zero-order valence-corrected chi connectivity index (χ0v) is 6.08. The molecule has 0 spiro atoms. The standard InChI is InChI=1S/C4H10N2OS.H2/c1-5-4(8)6(2)7-3;/h1-3H3,(H,5,8);1H. The molecule has 0 aromatic carbocycles. The number of thiocarbonyl (C=S) groups is 1. The van der Waals surface area contributed by atoms with Crippen molar-refractivity contribution in [1.82, 2.24) is 10.4 Å². The van der Waals surface area contributed by atoms with E-state index in [1.807, 2.05) is 0 Å². The Balaban J connectivity index is 0. The fraction of sp³-hybridized carbons (Fsp3) is 0.750. The van der Waals surface area contributed by atoms with Crippen LogP contribution in [0.2, 0.25) is 0 Å². The average molecular weight is 136 g/mol. The van der Waals surface area contributed by atoms with Crippen LogP contribution >= 0.6 is 12.2 Å². The molecule has 0 aliphatic carbocycles. The van der Waals surface area contributed by atoms with Crippen molar-refractivity contribution in [2.75, 3.05) is 21.2 Å². The Morgan fingerprint density at radius 3 is 2.50 bits per heavy atom. The predicted molar refractivity (Wildman–Crippen MR) is 38.5 cm³/mol. The highest BCUT2D eigenvalue weighted by atomic mass is 32.1. The normalized spacial score (nSPS) is 8.38. The van der Waals surface area contributed by atoms with Crippen LogP contribution in [0.15, 0.2) is 0 Å². The first kappa shape index (κ1) is 7.65. The number of hydroxylamine groups is 2. The summed E-state index contributed by atoms with van der Waals surface area (Å²) >= 11 is 4.77. The van der Waals surface area contributed by atoms with Gasteiger partial charge in [0.2, 0.25) is 0 Å². The molecule has 0 heterocycles. The number of nitrogens with one attached hydrogen (secondary N) is 1. The lowest BCUT2D eigenvalue weighted by Gasteiger charge is -2.14. The lowest BCUT2D eigenvalue weighted by atomic mass is 11.0. The molecule has 1 N–H and O–H groups in total. The highest BCUT2D eigenvalue weighted by Gasteiger charge is 1.95. The summed E-state index contributed by atoms with van der Waals surface area (Å²) < 4.78 is 0. The van der Waals surface area contributed by atoms with E-state index in [1.54, 1.807) is 21.2 Å². The smallest absolute Gasteiger partial charge is 0.192 e. The number of rotatable bonds is 1. The molecule has 0 bridgehead atoms. The van der Waals surface area contributed by atoms with Crippen LogP contribution in [0.4, 0.5) is 0 Å². The molecular formula is C4H12N2OS. The van der Waals surface area contributed by atoms with E-state index < -0.39 is 0 Å². The van der Waals surface area contributed by atoms with Gasteiger partial charge in [0.15, 0.2) is 5.11 Å². The first-order valence-electron chi connectivity index (χ1n) is 2.22. The molecule has 0 atom stereocenters. The van der Waals surface area contributed by atoms with Gasteiger partial charge >= 0.3 is 0 Å². The third-order valence-corrected chi connectivity index (χ3v) is 1.23. The molecule has 0 aromatic heterocycles. The molecule has 0 aromatic rings. The maximum atomic E-state index is 4.77. The molecule has 0 saturated heterocycles. The third-order valence-electron chi connectivity index (χ3n) is 0.774. The van der Waals surface area contributed by atoms with Gasteiger partial charge < -0.3 is 5.32 Å². The molecular weight excluding hydrogens is 124 g/mol. The van der Waals surface area contributed by atoms with Crippen LogP contribution in [0.5, 0.6) is 0 Å². The van der Waals surface area contributed by atoms with E-state index >= 15 is 0 Å². The van der Waals surface area contributed by atoms with Crippen molar-refractivity contribution in [3.05, 3.63) is 0 Å². The molecule has 0 amide bonds. The minimum Gasteiger partial charge on any atom is -0.364 e. The largest absolute Gasteiger partial charge is 0.364 e. The predicted octanol–water partition coefficient (Wildman–Crippen LogP) is 0.230. The Labute approximate surface area is 56.1 Å². The second-order valence-electron chi connectivity index (χ2n) is 1.24. The van der Waals surface area contributed by atoms with Crippen molar-refractivity contribution in [2.24, 2.45) is 0 Å². The first-order valence-corrected chi connectivity index (χ1v) is 2.62. The Hall–Kier alpha value is -0.350. The second-order valence-corrected chi connectivity index (χ2v) is 1.62. The van der Waals surface area contributed by atoms with Gasteiger partial charge in [0.05, 0.1) is 7.11 Å². The Morgan fingerprint density at radius 2 is 2.38 bits per heavy atom. The van der Waals surface area contributed by atoms with Crippen LogP contribution in [0.3, 0.4) is 0 Å². The second kappa shape index (κ2) is 3.63. The Morgan fingerprint density at radius 1 is 1.88 bits per heavy atom. The molecule has 3 nitrogen and oxygen atoms in total. The van der Waals surface area contributed by atoms with Gasteiger partial charge in [-0.1, -0.05) is 0 Å². The van der Waals surface area contributed by atoms with Gasteiger partial charge in [0.25, 0.3) is 0 Å². The fourth-order valence-electron chi connectivity index (χ4n) is 0.240. The van der Waals surface area contributed by atoms with Crippen molar-refractivity contribution in [3.63, 3.8) is 0 Å². The van der Waals surface area contributed by atoms with E-state index in [1.165, 1.54) is 5.06 Å². The van der Waals surface area contributed by atoms with E-state index in [-0.39, 0.29) is 1.43 Å². The Kier molecular flexibility index (Phi) is 3.47. The highest BCUT2D eigenvalue weighted by Crippen LogP contribution is 1.80. The van der Waals surface area contributed by atoms with Gasteiger partial charge in [0.1, 0.15) is 0 Å². The summed E-state index contributed by atoms with van der Waals surface area (Å²) in [6, 6.07) is 0. The zero-order valence-electron chi connectivity index (χ0n) is 5.26. The minimum atomic E-state index is 0. The molecule has 50 valence electrons. The SMILES string of the molecule is CNC(=S)N(C)OC.[HH]. The topological polar surface area (TPSA) is 24.5 Å². The van der Waals surface area contributed by atoms with Crippen molar-refractivity contribution in [2.45, 2.75) is 0 Å². The van der Waals surface area contributed by atoms with Gasteiger partial charge in [0, 0.05) is 15.5 Å². The summed E-state index contributed by atoms with van der Waals surface area (Å²) in [7, 11) is 5.04. The van der Waals surface area contributed by atoms with Gasteiger partial charge in [-0.2, -0.15) is 0 Å². The van der Waals surface area contributed by atoms with Crippen LogP contribution in [-0.4, -0.2) is 31.4 Å². The average Bonchev–Trinajstić information content (AvgIpc) is 1.84. The molecule has 8 heavy (non-hydrogen) atoms. The summed E-state index contributed by atoms with van der Waals surface area (Å²) in [5.41, 5.74) is 0. The summed E-state index contributed by atoms with van der Waals surface area (Å²) in [6.45, 7) is 0. The van der Waals surface area contributed by atoms with Crippen molar-refractivity contribution in [3.8, 4) is 0 Å². The molecule has 0 unspecified atom stereocenters. The quantitative estimate of drug-likeness (QED) is 0.412. The van der Waals surface area contributed by atoms with E-state index in [0.717, 1.165) is 0 Å². The summed E-state index contributed by atoms with van der Waals surface area (Å²) in [6.07, 6.45) is 0. The third kappa shape index (κ3) is 2.09. The lowest BCUT2D eigenvalue weighted by molar-refractivity contribution is -0.0419. The van der Waals surface area contributed by atoms with Crippen LogP contribution in [-0.2, 0) is 4.84 Å². The monoisotopic (exact) mass is 136 g/mol.